The van der Waals surface area contributed by atoms with Gasteiger partial charge in [-0.25, -0.2) is 9.97 Å². The number of benzene rings is 7. The normalized spacial score (nSPS) is 11.6. The number of aromatic nitrogens is 3. The Kier molecular flexibility index (Phi) is 6.46. The smallest absolute Gasteiger partial charge is 0.160 e. The lowest BCUT2D eigenvalue weighted by molar-refractivity contribution is 0.669. The van der Waals surface area contributed by atoms with Crippen molar-refractivity contribution in [2.75, 3.05) is 0 Å². The molecule has 50 heavy (non-hydrogen) atoms. The number of rotatable bonds is 5. The van der Waals surface area contributed by atoms with Gasteiger partial charge in [0.15, 0.2) is 5.82 Å². The van der Waals surface area contributed by atoms with Crippen LogP contribution in [0.3, 0.4) is 0 Å². The van der Waals surface area contributed by atoms with E-state index in [2.05, 4.69) is 144 Å². The Morgan fingerprint density at radius 2 is 0.980 bits per heavy atom. The molecule has 0 saturated carbocycles. The standard InChI is InChI=1S/C46H29N3O/c1-2-13-31(14-3-1)46-47-39(30-25-27-32(28-26-30)49-41-21-9-6-17-35(41)36-18-7-10-22-42(36)49)29-40(48-46)34-16-5-4-15-33(34)37-20-12-24-44-45(37)38-19-8-11-23-43(38)50-44/h1-29H. The van der Waals surface area contributed by atoms with E-state index in [0.29, 0.717) is 5.82 Å². The van der Waals surface area contributed by atoms with Crippen molar-refractivity contribution < 1.29 is 4.42 Å². The molecule has 0 unspecified atom stereocenters. The third-order valence-electron chi connectivity index (χ3n) is 9.66. The number of hydrogen-bond donors (Lipinski definition) is 0. The molecule has 0 amide bonds. The summed E-state index contributed by atoms with van der Waals surface area (Å²) in [5.41, 5.74) is 12.2. The Morgan fingerprint density at radius 1 is 0.400 bits per heavy atom. The van der Waals surface area contributed by atoms with Crippen molar-refractivity contribution in [3.63, 3.8) is 0 Å². The molecule has 0 atom stereocenters. The average molecular weight is 640 g/mol. The summed E-state index contributed by atoms with van der Waals surface area (Å²) in [6, 6.07) is 61.3. The van der Waals surface area contributed by atoms with Gasteiger partial charge < -0.3 is 8.98 Å². The Bertz CT molecular complexity index is 2810. The van der Waals surface area contributed by atoms with Crippen LogP contribution in [-0.4, -0.2) is 14.5 Å². The first-order chi connectivity index (χ1) is 24.8. The number of nitrogens with zero attached hydrogens (tertiary/aromatic N) is 3. The van der Waals surface area contributed by atoms with Crippen molar-refractivity contribution in [2.45, 2.75) is 0 Å². The Labute approximate surface area is 288 Å². The molecule has 234 valence electrons. The van der Waals surface area contributed by atoms with Gasteiger partial charge in [0.05, 0.1) is 22.4 Å². The van der Waals surface area contributed by atoms with E-state index < -0.39 is 0 Å². The average Bonchev–Trinajstić information content (AvgIpc) is 3.74. The molecule has 10 aromatic rings. The third kappa shape index (κ3) is 4.54. The van der Waals surface area contributed by atoms with E-state index in [9.17, 15) is 0 Å². The lowest BCUT2D eigenvalue weighted by atomic mass is 9.93. The lowest BCUT2D eigenvalue weighted by Gasteiger charge is -2.14. The molecule has 0 aliphatic rings. The quantitative estimate of drug-likeness (QED) is 0.188. The summed E-state index contributed by atoms with van der Waals surface area (Å²) in [5, 5.41) is 4.70. The molecule has 0 aliphatic heterocycles. The summed E-state index contributed by atoms with van der Waals surface area (Å²) < 4.78 is 8.61. The summed E-state index contributed by atoms with van der Waals surface area (Å²) in [4.78, 5) is 10.3. The van der Waals surface area contributed by atoms with Crippen LogP contribution in [0.15, 0.2) is 180 Å². The van der Waals surface area contributed by atoms with E-state index in [1.807, 2.05) is 36.4 Å². The van der Waals surface area contributed by atoms with Crippen molar-refractivity contribution >= 4 is 43.7 Å². The van der Waals surface area contributed by atoms with E-state index in [4.69, 9.17) is 14.4 Å². The second kappa shape index (κ2) is 11.4. The van der Waals surface area contributed by atoms with Crippen molar-refractivity contribution in [3.05, 3.63) is 176 Å². The van der Waals surface area contributed by atoms with Crippen LogP contribution < -0.4 is 0 Å². The van der Waals surface area contributed by atoms with E-state index >= 15 is 0 Å². The topological polar surface area (TPSA) is 43.9 Å². The fourth-order valence-corrected chi connectivity index (χ4v) is 7.37. The molecule has 0 N–H and O–H groups in total. The van der Waals surface area contributed by atoms with Gasteiger partial charge in [0.2, 0.25) is 0 Å². The highest BCUT2D eigenvalue weighted by Crippen LogP contribution is 2.41. The molecule has 3 aromatic heterocycles. The predicted molar refractivity (Wildman–Crippen MR) is 205 cm³/mol. The first kappa shape index (κ1) is 28.3. The first-order valence-electron chi connectivity index (χ1n) is 16.8. The minimum Gasteiger partial charge on any atom is -0.456 e. The van der Waals surface area contributed by atoms with Crippen molar-refractivity contribution in [3.8, 4) is 50.7 Å². The van der Waals surface area contributed by atoms with Crippen LogP contribution in [0.1, 0.15) is 0 Å². The van der Waals surface area contributed by atoms with Crippen LogP contribution in [0.5, 0.6) is 0 Å². The highest BCUT2D eigenvalue weighted by atomic mass is 16.3. The molecule has 0 bridgehead atoms. The van der Waals surface area contributed by atoms with Gasteiger partial charge in [-0.2, -0.15) is 0 Å². The lowest BCUT2D eigenvalue weighted by Crippen LogP contribution is -1.98. The fourth-order valence-electron chi connectivity index (χ4n) is 7.37. The summed E-state index contributed by atoms with van der Waals surface area (Å²) in [7, 11) is 0. The molecule has 0 saturated heterocycles. The number of hydrogen-bond acceptors (Lipinski definition) is 3. The fraction of sp³-hybridized carbons (Fsp3) is 0. The molecule has 0 fully saturated rings. The zero-order valence-electron chi connectivity index (χ0n) is 27.0. The maximum atomic E-state index is 6.27. The Balaban J connectivity index is 1.14. The van der Waals surface area contributed by atoms with Gasteiger partial charge in [0.1, 0.15) is 11.2 Å². The summed E-state index contributed by atoms with van der Waals surface area (Å²) in [6.07, 6.45) is 0. The Morgan fingerprint density at radius 3 is 1.74 bits per heavy atom. The van der Waals surface area contributed by atoms with E-state index in [1.54, 1.807) is 0 Å². The minimum atomic E-state index is 0.686. The number of para-hydroxylation sites is 3. The van der Waals surface area contributed by atoms with E-state index in [1.165, 1.54) is 21.8 Å². The van der Waals surface area contributed by atoms with Gasteiger partial charge in [0, 0.05) is 43.9 Å². The van der Waals surface area contributed by atoms with Crippen LogP contribution in [0, 0.1) is 0 Å². The van der Waals surface area contributed by atoms with Crippen LogP contribution in [0.2, 0.25) is 0 Å². The molecule has 3 heterocycles. The molecule has 4 heteroatoms. The molecule has 0 spiro atoms. The zero-order valence-corrected chi connectivity index (χ0v) is 27.0. The van der Waals surface area contributed by atoms with Gasteiger partial charge in [0.25, 0.3) is 0 Å². The van der Waals surface area contributed by atoms with Gasteiger partial charge in [-0.05, 0) is 53.6 Å². The number of furan rings is 1. The SMILES string of the molecule is c1ccc(-c2nc(-c3ccc(-n4c5ccccc5c5ccccc54)cc3)cc(-c3ccccc3-c3cccc4oc5ccccc5c34)n2)cc1. The van der Waals surface area contributed by atoms with Crippen molar-refractivity contribution in [1.82, 2.24) is 14.5 Å². The van der Waals surface area contributed by atoms with Crippen LogP contribution in [0.25, 0.3) is 94.5 Å². The maximum absolute atomic E-state index is 6.27. The molecule has 7 aromatic carbocycles. The van der Waals surface area contributed by atoms with Crippen molar-refractivity contribution in [2.24, 2.45) is 0 Å². The van der Waals surface area contributed by atoms with E-state index in [-0.39, 0.29) is 0 Å². The summed E-state index contributed by atoms with van der Waals surface area (Å²) in [5.74, 6) is 0.686. The first-order valence-corrected chi connectivity index (χ1v) is 16.8. The molecule has 10 rings (SSSR count). The molecule has 4 nitrogen and oxygen atoms in total. The second-order valence-electron chi connectivity index (χ2n) is 12.6. The van der Waals surface area contributed by atoms with Gasteiger partial charge in [-0.1, -0.05) is 133 Å². The third-order valence-corrected chi connectivity index (χ3v) is 9.66. The maximum Gasteiger partial charge on any atom is 0.160 e. The molecule has 0 aliphatic carbocycles. The van der Waals surface area contributed by atoms with Crippen LogP contribution >= 0.6 is 0 Å². The van der Waals surface area contributed by atoms with Gasteiger partial charge >= 0.3 is 0 Å². The second-order valence-corrected chi connectivity index (χ2v) is 12.6. The zero-order chi connectivity index (χ0) is 33.0. The molecular formula is C46H29N3O. The molecular weight excluding hydrogens is 611 g/mol. The summed E-state index contributed by atoms with van der Waals surface area (Å²) in [6.45, 7) is 0. The van der Waals surface area contributed by atoms with E-state index in [0.717, 1.165) is 66.8 Å². The number of fused-ring (bicyclic) bond motifs is 6. The largest absolute Gasteiger partial charge is 0.456 e. The highest BCUT2D eigenvalue weighted by molar-refractivity contribution is 6.13. The Hall–Kier alpha value is -6.78. The minimum absolute atomic E-state index is 0.686. The van der Waals surface area contributed by atoms with Gasteiger partial charge in [-0.3, -0.25) is 0 Å². The molecule has 0 radical (unpaired) electrons. The van der Waals surface area contributed by atoms with Gasteiger partial charge in [-0.15, -0.1) is 0 Å². The summed E-state index contributed by atoms with van der Waals surface area (Å²) >= 11 is 0. The van der Waals surface area contributed by atoms with Crippen molar-refractivity contribution in [1.29, 1.82) is 0 Å². The highest BCUT2D eigenvalue weighted by Gasteiger charge is 2.18. The van der Waals surface area contributed by atoms with Crippen LogP contribution in [0.4, 0.5) is 0 Å². The van der Waals surface area contributed by atoms with Crippen LogP contribution in [-0.2, 0) is 0 Å². The predicted octanol–water partition coefficient (Wildman–Crippen LogP) is 12.1. The monoisotopic (exact) mass is 639 g/mol.